The van der Waals surface area contributed by atoms with E-state index >= 15 is 0 Å². The molecule has 1 aromatic heterocycles. The van der Waals surface area contributed by atoms with Gasteiger partial charge in [-0.3, -0.25) is 9.58 Å². The van der Waals surface area contributed by atoms with Crippen molar-refractivity contribution in [3.63, 3.8) is 0 Å². The molecule has 0 amide bonds. The first-order valence-electron chi connectivity index (χ1n) is 7.36. The summed E-state index contributed by atoms with van der Waals surface area (Å²) in [6.45, 7) is 5.75. The van der Waals surface area contributed by atoms with Gasteiger partial charge in [-0.05, 0) is 38.8 Å². The summed E-state index contributed by atoms with van der Waals surface area (Å²) in [6.07, 6.45) is 6.70. The van der Waals surface area contributed by atoms with E-state index in [4.69, 9.17) is 0 Å². The van der Waals surface area contributed by atoms with Crippen LogP contribution in [-0.2, 0) is 13.6 Å². The lowest BCUT2D eigenvalue weighted by Crippen LogP contribution is -2.54. The zero-order valence-electron chi connectivity index (χ0n) is 12.9. The van der Waals surface area contributed by atoms with Crippen LogP contribution in [0.5, 0.6) is 0 Å². The lowest BCUT2D eigenvalue weighted by atomic mass is 9.76. The first kappa shape index (κ1) is 14.5. The quantitative estimate of drug-likeness (QED) is 0.901. The molecule has 1 aliphatic rings. The molecule has 2 rings (SSSR count). The van der Waals surface area contributed by atoms with Gasteiger partial charge in [-0.2, -0.15) is 5.10 Å². The van der Waals surface area contributed by atoms with Crippen molar-refractivity contribution in [2.45, 2.75) is 45.3 Å². The molecule has 0 aliphatic heterocycles. The Morgan fingerprint density at radius 3 is 2.74 bits per heavy atom. The predicted molar refractivity (Wildman–Crippen MR) is 78.9 cm³/mol. The summed E-state index contributed by atoms with van der Waals surface area (Å²) < 4.78 is 1.88. The highest BCUT2D eigenvalue weighted by atomic mass is 15.2. The molecule has 1 aliphatic carbocycles. The number of hydrogen-bond acceptors (Lipinski definition) is 3. The minimum atomic E-state index is 0.598. The molecule has 1 fully saturated rings. The van der Waals surface area contributed by atoms with E-state index in [1.54, 1.807) is 0 Å². The van der Waals surface area contributed by atoms with E-state index in [1.807, 2.05) is 17.9 Å². The van der Waals surface area contributed by atoms with Crippen LogP contribution >= 0.6 is 0 Å². The number of nitrogens with zero attached hydrogens (tertiary/aromatic N) is 3. The highest BCUT2D eigenvalue weighted by Crippen LogP contribution is 2.32. The summed E-state index contributed by atoms with van der Waals surface area (Å²) in [6, 6.07) is 1.21. The highest BCUT2D eigenvalue weighted by Gasteiger charge is 2.35. The van der Waals surface area contributed by atoms with E-state index in [-0.39, 0.29) is 0 Å². The first-order chi connectivity index (χ1) is 9.01. The Balaban J connectivity index is 2.05. The van der Waals surface area contributed by atoms with E-state index in [9.17, 15) is 0 Å². The van der Waals surface area contributed by atoms with Crippen LogP contribution in [-0.4, -0.2) is 40.9 Å². The van der Waals surface area contributed by atoms with Crippen molar-refractivity contribution in [1.29, 1.82) is 0 Å². The predicted octanol–water partition coefficient (Wildman–Crippen LogP) is 1.87. The molecule has 4 unspecified atom stereocenters. The fraction of sp³-hybridized carbons (Fsp3) is 0.800. The molecule has 108 valence electrons. The molecule has 0 saturated heterocycles. The third-order valence-corrected chi connectivity index (χ3v) is 4.50. The van der Waals surface area contributed by atoms with Gasteiger partial charge in [0.25, 0.3) is 0 Å². The molecule has 1 N–H and O–H groups in total. The summed E-state index contributed by atoms with van der Waals surface area (Å²) in [5.41, 5.74) is 1.30. The van der Waals surface area contributed by atoms with Gasteiger partial charge >= 0.3 is 0 Å². The minimum Gasteiger partial charge on any atom is -0.315 e. The maximum absolute atomic E-state index is 4.26. The van der Waals surface area contributed by atoms with Gasteiger partial charge in [0, 0.05) is 37.4 Å². The normalized spacial score (nSPS) is 31.9. The van der Waals surface area contributed by atoms with E-state index in [1.165, 1.54) is 18.4 Å². The highest BCUT2D eigenvalue weighted by molar-refractivity contribution is 5.04. The monoisotopic (exact) mass is 264 g/mol. The number of aryl methyl sites for hydroxylation is 1. The molecule has 0 aromatic carbocycles. The summed E-state index contributed by atoms with van der Waals surface area (Å²) in [5.74, 6) is 1.57. The molecule has 1 heterocycles. The third-order valence-electron chi connectivity index (χ3n) is 4.50. The van der Waals surface area contributed by atoms with Crippen LogP contribution in [0.3, 0.4) is 0 Å². The molecule has 4 nitrogen and oxygen atoms in total. The minimum absolute atomic E-state index is 0.598. The van der Waals surface area contributed by atoms with Gasteiger partial charge in [-0.1, -0.05) is 13.8 Å². The Kier molecular flexibility index (Phi) is 4.63. The topological polar surface area (TPSA) is 33.1 Å². The zero-order chi connectivity index (χ0) is 14.0. The molecule has 0 spiro atoms. The van der Waals surface area contributed by atoms with Gasteiger partial charge in [0.05, 0.1) is 6.20 Å². The largest absolute Gasteiger partial charge is 0.315 e. The number of rotatable bonds is 4. The number of hydrogen-bond donors (Lipinski definition) is 1. The summed E-state index contributed by atoms with van der Waals surface area (Å²) >= 11 is 0. The van der Waals surface area contributed by atoms with E-state index in [0.29, 0.717) is 12.1 Å². The van der Waals surface area contributed by atoms with Crippen LogP contribution in [0.2, 0.25) is 0 Å². The summed E-state index contributed by atoms with van der Waals surface area (Å²) in [7, 11) is 6.32. The lowest BCUT2D eigenvalue weighted by molar-refractivity contribution is 0.0786. The molecule has 0 radical (unpaired) electrons. The fourth-order valence-electron chi connectivity index (χ4n) is 3.82. The Labute approximate surface area is 117 Å². The molecular formula is C15H28N4. The first-order valence-corrected chi connectivity index (χ1v) is 7.36. The van der Waals surface area contributed by atoms with Gasteiger partial charge in [0.2, 0.25) is 0 Å². The van der Waals surface area contributed by atoms with Gasteiger partial charge in [0.1, 0.15) is 0 Å². The van der Waals surface area contributed by atoms with Crippen LogP contribution < -0.4 is 5.32 Å². The average Bonchev–Trinajstić information content (AvgIpc) is 2.73. The van der Waals surface area contributed by atoms with Crippen molar-refractivity contribution in [2.24, 2.45) is 18.9 Å². The smallest absolute Gasteiger partial charge is 0.0534 e. The second kappa shape index (κ2) is 6.06. The van der Waals surface area contributed by atoms with Crippen molar-refractivity contribution in [2.75, 3.05) is 14.1 Å². The Morgan fingerprint density at radius 1 is 1.42 bits per heavy atom. The van der Waals surface area contributed by atoms with Crippen LogP contribution in [0.25, 0.3) is 0 Å². The molecule has 4 atom stereocenters. The Bertz CT molecular complexity index is 401. The number of aromatic nitrogens is 2. The van der Waals surface area contributed by atoms with Gasteiger partial charge < -0.3 is 5.32 Å². The van der Waals surface area contributed by atoms with Crippen molar-refractivity contribution in [3.05, 3.63) is 18.0 Å². The summed E-state index contributed by atoms with van der Waals surface area (Å²) in [4.78, 5) is 2.49. The lowest BCUT2D eigenvalue weighted by Gasteiger charge is -2.44. The molecule has 0 bridgehead atoms. The SMILES string of the molecule is CNC1CC(C)CC(C)C1N(C)Cc1cnn(C)c1. The molecule has 1 saturated carbocycles. The van der Waals surface area contributed by atoms with E-state index in [0.717, 1.165) is 18.4 Å². The molecule has 1 aromatic rings. The van der Waals surface area contributed by atoms with Crippen molar-refractivity contribution < 1.29 is 0 Å². The van der Waals surface area contributed by atoms with Crippen LogP contribution in [0.15, 0.2) is 12.4 Å². The second-order valence-electron chi connectivity index (χ2n) is 6.38. The van der Waals surface area contributed by atoms with Crippen LogP contribution in [0, 0.1) is 11.8 Å². The zero-order valence-corrected chi connectivity index (χ0v) is 12.9. The Morgan fingerprint density at radius 2 is 2.16 bits per heavy atom. The van der Waals surface area contributed by atoms with Crippen molar-refractivity contribution >= 4 is 0 Å². The number of likely N-dealkylation sites (N-methyl/N-ethyl adjacent to an activating group) is 2. The van der Waals surface area contributed by atoms with E-state index in [2.05, 4.69) is 49.5 Å². The van der Waals surface area contributed by atoms with Crippen LogP contribution in [0.1, 0.15) is 32.3 Å². The van der Waals surface area contributed by atoms with Crippen molar-refractivity contribution in [1.82, 2.24) is 20.0 Å². The van der Waals surface area contributed by atoms with E-state index < -0.39 is 0 Å². The molecule has 4 heteroatoms. The second-order valence-corrected chi connectivity index (χ2v) is 6.38. The van der Waals surface area contributed by atoms with Gasteiger partial charge in [-0.25, -0.2) is 0 Å². The van der Waals surface area contributed by atoms with Gasteiger partial charge in [0.15, 0.2) is 0 Å². The Hall–Kier alpha value is -0.870. The fourth-order valence-corrected chi connectivity index (χ4v) is 3.82. The van der Waals surface area contributed by atoms with Gasteiger partial charge in [-0.15, -0.1) is 0 Å². The molecule has 19 heavy (non-hydrogen) atoms. The summed E-state index contributed by atoms with van der Waals surface area (Å²) in [5, 5.41) is 7.78. The van der Waals surface area contributed by atoms with Crippen LogP contribution in [0.4, 0.5) is 0 Å². The standard InChI is InChI=1S/C15H28N4/c1-11-6-12(2)15(14(7-11)16-3)18(4)9-13-8-17-19(5)10-13/h8,10-12,14-16H,6-7,9H2,1-5H3. The van der Waals surface area contributed by atoms with Crippen molar-refractivity contribution in [3.8, 4) is 0 Å². The maximum Gasteiger partial charge on any atom is 0.0534 e. The third kappa shape index (κ3) is 3.37. The molecular weight excluding hydrogens is 236 g/mol. The average molecular weight is 264 g/mol. The maximum atomic E-state index is 4.26. The number of nitrogens with one attached hydrogen (secondary N) is 1.